The van der Waals surface area contributed by atoms with Gasteiger partial charge in [0.1, 0.15) is 5.82 Å². The van der Waals surface area contributed by atoms with Crippen LogP contribution in [-0.2, 0) is 0 Å². The number of halogens is 2. The zero-order valence-corrected chi connectivity index (χ0v) is 13.0. The van der Waals surface area contributed by atoms with Gasteiger partial charge in [-0.3, -0.25) is 4.90 Å². The molecule has 2 atom stereocenters. The van der Waals surface area contributed by atoms with Crippen LogP contribution in [0.25, 0.3) is 0 Å². The summed E-state index contributed by atoms with van der Waals surface area (Å²) in [7, 11) is 0. The van der Waals surface area contributed by atoms with Gasteiger partial charge in [0.05, 0.1) is 6.04 Å². The molecule has 0 aromatic heterocycles. The molecule has 1 aromatic rings. The third-order valence-electron chi connectivity index (χ3n) is 3.91. The van der Waals surface area contributed by atoms with E-state index in [0.717, 1.165) is 32.4 Å². The van der Waals surface area contributed by atoms with E-state index in [9.17, 15) is 4.39 Å². The second-order valence-electron chi connectivity index (χ2n) is 6.16. The van der Waals surface area contributed by atoms with E-state index in [0.29, 0.717) is 16.5 Å². The van der Waals surface area contributed by atoms with Crippen molar-refractivity contribution < 1.29 is 4.39 Å². The van der Waals surface area contributed by atoms with E-state index in [1.165, 1.54) is 6.07 Å². The molecule has 1 aromatic carbocycles. The Morgan fingerprint density at radius 2 is 2.15 bits per heavy atom. The van der Waals surface area contributed by atoms with Crippen molar-refractivity contribution in [3.8, 4) is 0 Å². The monoisotopic (exact) mass is 298 g/mol. The Bertz CT molecular complexity index is 450. The zero-order valence-electron chi connectivity index (χ0n) is 12.3. The summed E-state index contributed by atoms with van der Waals surface area (Å²) in [5.41, 5.74) is 7.03. The topological polar surface area (TPSA) is 29.3 Å². The SMILES string of the molecule is CC(C)CN1CCCCC(N)C1c1ccc(Cl)cc1F. The van der Waals surface area contributed by atoms with Gasteiger partial charge in [-0.15, -0.1) is 0 Å². The van der Waals surface area contributed by atoms with Crippen LogP contribution < -0.4 is 5.73 Å². The number of hydrogen-bond donors (Lipinski definition) is 1. The highest BCUT2D eigenvalue weighted by atomic mass is 35.5. The van der Waals surface area contributed by atoms with Gasteiger partial charge >= 0.3 is 0 Å². The van der Waals surface area contributed by atoms with Crippen LogP contribution in [0.4, 0.5) is 4.39 Å². The molecule has 1 saturated heterocycles. The van der Waals surface area contributed by atoms with Crippen molar-refractivity contribution in [2.24, 2.45) is 11.7 Å². The molecule has 0 saturated carbocycles. The molecule has 1 fully saturated rings. The summed E-state index contributed by atoms with van der Waals surface area (Å²) in [6.45, 7) is 6.30. The van der Waals surface area contributed by atoms with Crippen molar-refractivity contribution in [3.63, 3.8) is 0 Å². The van der Waals surface area contributed by atoms with Crippen LogP contribution in [0.1, 0.15) is 44.7 Å². The molecule has 2 rings (SSSR count). The standard InChI is InChI=1S/C16H24ClFN2/c1-11(2)10-20-8-4-3-5-15(19)16(20)13-7-6-12(17)9-14(13)18/h6-7,9,11,15-16H,3-5,8,10,19H2,1-2H3. The second kappa shape index (κ2) is 6.88. The van der Waals surface area contributed by atoms with Crippen LogP contribution in [0.15, 0.2) is 18.2 Å². The molecule has 2 nitrogen and oxygen atoms in total. The van der Waals surface area contributed by atoms with Gasteiger partial charge in [-0.05, 0) is 37.4 Å². The lowest BCUT2D eigenvalue weighted by atomic mass is 9.95. The molecule has 1 aliphatic rings. The molecular formula is C16H24ClFN2. The van der Waals surface area contributed by atoms with Gasteiger partial charge in [-0.2, -0.15) is 0 Å². The number of nitrogens with zero attached hydrogens (tertiary/aromatic N) is 1. The maximum absolute atomic E-state index is 14.3. The van der Waals surface area contributed by atoms with Crippen molar-refractivity contribution in [3.05, 3.63) is 34.6 Å². The maximum atomic E-state index is 14.3. The smallest absolute Gasteiger partial charge is 0.129 e. The van der Waals surface area contributed by atoms with Crippen molar-refractivity contribution in [1.82, 2.24) is 4.90 Å². The van der Waals surface area contributed by atoms with E-state index in [2.05, 4.69) is 18.7 Å². The Kier molecular flexibility index (Phi) is 5.42. The molecule has 0 spiro atoms. The Morgan fingerprint density at radius 3 is 2.80 bits per heavy atom. The Labute approximate surface area is 126 Å². The largest absolute Gasteiger partial charge is 0.326 e. The first kappa shape index (κ1) is 15.7. The molecule has 1 heterocycles. The molecule has 0 aliphatic carbocycles. The lowest BCUT2D eigenvalue weighted by Crippen LogP contribution is -2.41. The average molecular weight is 299 g/mol. The van der Waals surface area contributed by atoms with Crippen LogP contribution >= 0.6 is 11.6 Å². The fraction of sp³-hybridized carbons (Fsp3) is 0.625. The van der Waals surface area contributed by atoms with E-state index < -0.39 is 0 Å². The predicted octanol–water partition coefficient (Wildman–Crippen LogP) is 3.99. The summed E-state index contributed by atoms with van der Waals surface area (Å²) in [4.78, 5) is 2.34. The number of likely N-dealkylation sites (tertiary alicyclic amines) is 1. The molecular weight excluding hydrogens is 275 g/mol. The van der Waals surface area contributed by atoms with Crippen molar-refractivity contribution in [2.45, 2.75) is 45.2 Å². The number of rotatable bonds is 3. The molecule has 2 unspecified atom stereocenters. The Morgan fingerprint density at radius 1 is 1.40 bits per heavy atom. The van der Waals surface area contributed by atoms with Gasteiger partial charge < -0.3 is 5.73 Å². The summed E-state index contributed by atoms with van der Waals surface area (Å²) >= 11 is 5.86. The van der Waals surface area contributed by atoms with E-state index in [-0.39, 0.29) is 17.9 Å². The summed E-state index contributed by atoms with van der Waals surface area (Å²) in [6.07, 6.45) is 3.19. The molecule has 20 heavy (non-hydrogen) atoms. The summed E-state index contributed by atoms with van der Waals surface area (Å²) in [5.74, 6) is 0.298. The van der Waals surface area contributed by atoms with Gasteiger partial charge in [0.2, 0.25) is 0 Å². The predicted molar refractivity (Wildman–Crippen MR) is 82.4 cm³/mol. The Hall–Kier alpha value is -0.640. The first-order valence-corrected chi connectivity index (χ1v) is 7.81. The van der Waals surface area contributed by atoms with E-state index >= 15 is 0 Å². The number of benzene rings is 1. The average Bonchev–Trinajstić information content (AvgIpc) is 2.52. The highest BCUT2D eigenvalue weighted by molar-refractivity contribution is 6.30. The van der Waals surface area contributed by atoms with Gasteiger partial charge in [-0.25, -0.2) is 4.39 Å². The minimum absolute atomic E-state index is 0.0214. The lowest BCUT2D eigenvalue weighted by molar-refractivity contribution is 0.162. The summed E-state index contributed by atoms with van der Waals surface area (Å²) < 4.78 is 14.3. The molecule has 2 N–H and O–H groups in total. The molecule has 0 amide bonds. The maximum Gasteiger partial charge on any atom is 0.129 e. The highest BCUT2D eigenvalue weighted by Crippen LogP contribution is 2.32. The molecule has 1 aliphatic heterocycles. The third kappa shape index (κ3) is 3.72. The first-order chi connectivity index (χ1) is 9.49. The third-order valence-corrected chi connectivity index (χ3v) is 4.15. The van der Waals surface area contributed by atoms with Crippen molar-refractivity contribution in [2.75, 3.05) is 13.1 Å². The van der Waals surface area contributed by atoms with E-state index in [4.69, 9.17) is 17.3 Å². The summed E-state index contributed by atoms with van der Waals surface area (Å²) in [6, 6.07) is 4.87. The quantitative estimate of drug-likeness (QED) is 0.914. The fourth-order valence-corrected chi connectivity index (χ4v) is 3.26. The second-order valence-corrected chi connectivity index (χ2v) is 6.60. The zero-order chi connectivity index (χ0) is 14.7. The molecule has 0 radical (unpaired) electrons. The minimum atomic E-state index is -0.242. The van der Waals surface area contributed by atoms with Crippen molar-refractivity contribution >= 4 is 11.6 Å². The van der Waals surface area contributed by atoms with Gasteiger partial charge in [-0.1, -0.05) is 37.9 Å². The van der Waals surface area contributed by atoms with Gasteiger partial charge in [0, 0.05) is 23.2 Å². The molecule has 4 heteroatoms. The number of nitrogens with two attached hydrogens (primary N) is 1. The van der Waals surface area contributed by atoms with Gasteiger partial charge in [0.15, 0.2) is 0 Å². The first-order valence-electron chi connectivity index (χ1n) is 7.43. The molecule has 0 bridgehead atoms. The van der Waals surface area contributed by atoms with Crippen LogP contribution in [-0.4, -0.2) is 24.0 Å². The van der Waals surface area contributed by atoms with E-state index in [1.807, 2.05) is 0 Å². The normalized spacial score (nSPS) is 24.9. The van der Waals surface area contributed by atoms with Crippen LogP contribution in [0.2, 0.25) is 5.02 Å². The van der Waals surface area contributed by atoms with Gasteiger partial charge in [0.25, 0.3) is 0 Å². The van der Waals surface area contributed by atoms with Crippen LogP contribution in [0, 0.1) is 11.7 Å². The van der Waals surface area contributed by atoms with Crippen molar-refractivity contribution in [1.29, 1.82) is 0 Å². The van der Waals surface area contributed by atoms with Crippen LogP contribution in [0.5, 0.6) is 0 Å². The number of hydrogen-bond acceptors (Lipinski definition) is 2. The van der Waals surface area contributed by atoms with E-state index in [1.54, 1.807) is 12.1 Å². The summed E-state index contributed by atoms with van der Waals surface area (Å²) in [5, 5.41) is 0.434. The highest BCUT2D eigenvalue weighted by Gasteiger charge is 2.31. The fourth-order valence-electron chi connectivity index (χ4n) is 3.11. The Balaban J connectivity index is 2.34. The minimum Gasteiger partial charge on any atom is -0.326 e. The molecule has 112 valence electrons. The lowest BCUT2D eigenvalue weighted by Gasteiger charge is -2.35. The van der Waals surface area contributed by atoms with Crippen LogP contribution in [0.3, 0.4) is 0 Å².